The zero-order valence-corrected chi connectivity index (χ0v) is 17.1. The Labute approximate surface area is 174 Å². The minimum Gasteiger partial charge on any atom is -0.496 e. The molecule has 3 aromatic rings. The fourth-order valence-electron chi connectivity index (χ4n) is 3.21. The van der Waals surface area contributed by atoms with Gasteiger partial charge < -0.3 is 24.5 Å². The Hall–Kier alpha value is -3.92. The molecule has 0 atom stereocenters. The zero-order chi connectivity index (χ0) is 21.5. The highest BCUT2D eigenvalue weighted by Gasteiger charge is 2.16. The van der Waals surface area contributed by atoms with Crippen LogP contribution in [-0.2, 0) is 11.2 Å². The summed E-state index contributed by atoms with van der Waals surface area (Å²) in [6.07, 6.45) is 4.03. The normalized spacial score (nSPS) is 11.1. The second kappa shape index (κ2) is 9.52. The number of carbonyl (C=O) groups excluding carboxylic acids is 1. The van der Waals surface area contributed by atoms with Gasteiger partial charge in [-0.3, -0.25) is 4.79 Å². The number of hydrogen-bond donors (Lipinski definition) is 2. The molecule has 3 rings (SSSR count). The van der Waals surface area contributed by atoms with Crippen LogP contribution in [0.4, 0.5) is 0 Å². The molecule has 0 aliphatic rings. The molecule has 2 aromatic carbocycles. The van der Waals surface area contributed by atoms with E-state index in [1.165, 1.54) is 27.4 Å². The number of nitrogens with one attached hydrogen (secondary N) is 2. The molecule has 7 heteroatoms. The van der Waals surface area contributed by atoms with E-state index in [4.69, 9.17) is 14.2 Å². The molecule has 7 nitrogen and oxygen atoms in total. The fourth-order valence-corrected chi connectivity index (χ4v) is 3.21. The number of amides is 1. The van der Waals surface area contributed by atoms with E-state index < -0.39 is 5.91 Å². The Morgan fingerprint density at radius 1 is 1.13 bits per heavy atom. The SMILES string of the molecule is COc1cc(OC)c(/C=C(\C#N)C(=O)NCCc2c[nH]c3ccccc23)c(OC)c1. The van der Waals surface area contributed by atoms with Crippen molar-refractivity contribution in [2.45, 2.75) is 6.42 Å². The Morgan fingerprint density at radius 3 is 2.47 bits per heavy atom. The van der Waals surface area contributed by atoms with Crippen LogP contribution in [0, 0.1) is 11.3 Å². The maximum atomic E-state index is 12.6. The summed E-state index contributed by atoms with van der Waals surface area (Å²) in [7, 11) is 4.53. The first-order valence-corrected chi connectivity index (χ1v) is 9.36. The number of carbonyl (C=O) groups is 1. The summed E-state index contributed by atoms with van der Waals surface area (Å²) in [4.78, 5) is 15.8. The monoisotopic (exact) mass is 405 g/mol. The molecule has 0 aliphatic carbocycles. The van der Waals surface area contributed by atoms with Gasteiger partial charge in [-0.2, -0.15) is 5.26 Å². The average molecular weight is 405 g/mol. The van der Waals surface area contributed by atoms with Gasteiger partial charge in [-0.25, -0.2) is 0 Å². The molecule has 0 radical (unpaired) electrons. The second-order valence-electron chi connectivity index (χ2n) is 6.48. The van der Waals surface area contributed by atoms with Gasteiger partial charge in [0.2, 0.25) is 0 Å². The van der Waals surface area contributed by atoms with Crippen molar-refractivity contribution in [3.05, 3.63) is 59.3 Å². The second-order valence-corrected chi connectivity index (χ2v) is 6.48. The minimum atomic E-state index is -0.461. The first-order chi connectivity index (χ1) is 14.6. The lowest BCUT2D eigenvalue weighted by Gasteiger charge is -2.13. The van der Waals surface area contributed by atoms with Gasteiger partial charge in [-0.15, -0.1) is 0 Å². The molecule has 0 saturated carbocycles. The smallest absolute Gasteiger partial charge is 0.261 e. The van der Waals surface area contributed by atoms with E-state index in [1.807, 2.05) is 36.5 Å². The first-order valence-electron chi connectivity index (χ1n) is 9.36. The zero-order valence-electron chi connectivity index (χ0n) is 17.1. The quantitative estimate of drug-likeness (QED) is 0.442. The molecule has 1 heterocycles. The molecular formula is C23H23N3O4. The number of benzene rings is 2. The number of rotatable bonds is 8. The minimum absolute atomic E-state index is 0.0457. The molecule has 1 amide bonds. The van der Waals surface area contributed by atoms with Crippen LogP contribution < -0.4 is 19.5 Å². The highest BCUT2D eigenvalue weighted by Crippen LogP contribution is 2.35. The summed E-state index contributed by atoms with van der Waals surface area (Å²) in [5.74, 6) is 0.955. The van der Waals surface area contributed by atoms with Crippen molar-refractivity contribution in [2.75, 3.05) is 27.9 Å². The van der Waals surface area contributed by atoms with Crippen molar-refractivity contribution < 1.29 is 19.0 Å². The summed E-state index contributed by atoms with van der Waals surface area (Å²) in [6, 6.07) is 13.3. The predicted molar refractivity (Wildman–Crippen MR) is 115 cm³/mol. The van der Waals surface area contributed by atoms with E-state index >= 15 is 0 Å². The largest absolute Gasteiger partial charge is 0.496 e. The number of ether oxygens (including phenoxy) is 3. The van der Waals surface area contributed by atoms with E-state index in [0.29, 0.717) is 35.8 Å². The van der Waals surface area contributed by atoms with Gasteiger partial charge in [0.05, 0.1) is 26.9 Å². The lowest BCUT2D eigenvalue weighted by atomic mass is 10.1. The van der Waals surface area contributed by atoms with E-state index in [0.717, 1.165) is 16.5 Å². The fraction of sp³-hybridized carbons (Fsp3) is 0.217. The van der Waals surface area contributed by atoms with Crippen molar-refractivity contribution in [1.82, 2.24) is 10.3 Å². The van der Waals surface area contributed by atoms with Crippen molar-refractivity contribution in [2.24, 2.45) is 0 Å². The van der Waals surface area contributed by atoms with Gasteiger partial charge in [-0.05, 0) is 24.1 Å². The van der Waals surface area contributed by atoms with Gasteiger partial charge in [0.15, 0.2) is 0 Å². The molecule has 0 unspecified atom stereocenters. The third-order valence-electron chi connectivity index (χ3n) is 4.76. The van der Waals surface area contributed by atoms with E-state index in [-0.39, 0.29) is 5.57 Å². The van der Waals surface area contributed by atoms with Crippen LogP contribution in [0.3, 0.4) is 0 Å². The van der Waals surface area contributed by atoms with Crippen molar-refractivity contribution in [3.8, 4) is 23.3 Å². The number of nitrogens with zero attached hydrogens (tertiary/aromatic N) is 1. The number of fused-ring (bicyclic) bond motifs is 1. The predicted octanol–water partition coefficient (Wildman–Crippen LogP) is 3.46. The van der Waals surface area contributed by atoms with Gasteiger partial charge in [0, 0.05) is 35.8 Å². The number of nitriles is 1. The summed E-state index contributed by atoms with van der Waals surface area (Å²) < 4.78 is 16.0. The Bertz CT molecular complexity index is 1100. The van der Waals surface area contributed by atoms with Crippen LogP contribution in [0.5, 0.6) is 17.2 Å². The molecule has 0 spiro atoms. The molecule has 0 fully saturated rings. The van der Waals surface area contributed by atoms with E-state index in [1.54, 1.807) is 12.1 Å². The molecule has 0 saturated heterocycles. The molecule has 0 aliphatic heterocycles. The van der Waals surface area contributed by atoms with Gasteiger partial charge >= 0.3 is 0 Å². The third kappa shape index (κ3) is 4.39. The Balaban J connectivity index is 1.76. The number of hydrogen-bond acceptors (Lipinski definition) is 5. The standard InChI is InChI=1S/C23H23N3O4/c1-28-17-11-21(29-2)19(22(12-17)30-3)10-16(13-24)23(27)25-9-8-15-14-26-20-7-5-4-6-18(15)20/h4-7,10-12,14,26H,8-9H2,1-3H3,(H,25,27)/b16-10+. The molecule has 0 bridgehead atoms. The number of methoxy groups -OCH3 is 3. The number of aromatic nitrogens is 1. The van der Waals surface area contributed by atoms with Crippen LogP contribution in [0.1, 0.15) is 11.1 Å². The van der Waals surface area contributed by atoms with Crippen LogP contribution in [0.25, 0.3) is 17.0 Å². The van der Waals surface area contributed by atoms with Crippen molar-refractivity contribution >= 4 is 22.9 Å². The van der Waals surface area contributed by atoms with Gasteiger partial charge in [0.1, 0.15) is 28.9 Å². The lowest BCUT2D eigenvalue weighted by Crippen LogP contribution is -2.26. The highest BCUT2D eigenvalue weighted by molar-refractivity contribution is 6.02. The third-order valence-corrected chi connectivity index (χ3v) is 4.76. The topological polar surface area (TPSA) is 96.4 Å². The number of H-pyrrole nitrogens is 1. The molecular weight excluding hydrogens is 382 g/mol. The van der Waals surface area contributed by atoms with Crippen LogP contribution >= 0.6 is 0 Å². The van der Waals surface area contributed by atoms with Gasteiger partial charge in [0.25, 0.3) is 5.91 Å². The summed E-state index contributed by atoms with van der Waals surface area (Å²) in [5, 5.41) is 13.4. The summed E-state index contributed by atoms with van der Waals surface area (Å²) in [6.45, 7) is 0.399. The maximum absolute atomic E-state index is 12.6. The van der Waals surface area contributed by atoms with E-state index in [9.17, 15) is 10.1 Å². The van der Waals surface area contributed by atoms with Crippen molar-refractivity contribution in [3.63, 3.8) is 0 Å². The molecule has 30 heavy (non-hydrogen) atoms. The Kier molecular flexibility index (Phi) is 6.60. The molecule has 154 valence electrons. The van der Waals surface area contributed by atoms with Gasteiger partial charge in [-0.1, -0.05) is 18.2 Å². The maximum Gasteiger partial charge on any atom is 0.261 e. The summed E-state index contributed by atoms with van der Waals surface area (Å²) in [5.41, 5.74) is 2.60. The first kappa shape index (κ1) is 20.8. The van der Waals surface area contributed by atoms with Crippen LogP contribution in [0.15, 0.2) is 48.2 Å². The Morgan fingerprint density at radius 2 is 1.83 bits per heavy atom. The molecule has 2 N–H and O–H groups in total. The molecule has 1 aromatic heterocycles. The average Bonchev–Trinajstić information content (AvgIpc) is 3.20. The highest BCUT2D eigenvalue weighted by atomic mass is 16.5. The lowest BCUT2D eigenvalue weighted by molar-refractivity contribution is -0.117. The number of para-hydroxylation sites is 1. The van der Waals surface area contributed by atoms with Crippen LogP contribution in [-0.4, -0.2) is 38.8 Å². The summed E-state index contributed by atoms with van der Waals surface area (Å²) >= 11 is 0. The van der Waals surface area contributed by atoms with Crippen LogP contribution in [0.2, 0.25) is 0 Å². The number of aromatic amines is 1. The van der Waals surface area contributed by atoms with Crippen molar-refractivity contribution in [1.29, 1.82) is 5.26 Å². The van der Waals surface area contributed by atoms with E-state index in [2.05, 4.69) is 10.3 Å².